The molecule has 0 aliphatic carbocycles. The SMILES string of the molecule is Cc1ccc(CN2CCNC(C)C2C)s1.Cl. The van der Waals surface area contributed by atoms with Crippen LogP contribution < -0.4 is 5.32 Å². The smallest absolute Gasteiger partial charge is 0.0332 e. The summed E-state index contributed by atoms with van der Waals surface area (Å²) in [4.78, 5) is 5.49. The van der Waals surface area contributed by atoms with Crippen LogP contribution in [-0.4, -0.2) is 30.1 Å². The molecule has 1 aromatic heterocycles. The number of halogens is 1. The molecule has 1 N–H and O–H groups in total. The minimum Gasteiger partial charge on any atom is -0.311 e. The maximum Gasteiger partial charge on any atom is 0.0332 e. The molecular weight excluding hydrogens is 240 g/mol. The molecule has 0 aromatic carbocycles. The maximum atomic E-state index is 3.51. The van der Waals surface area contributed by atoms with Crippen molar-refractivity contribution in [3.8, 4) is 0 Å². The molecule has 1 saturated heterocycles. The highest BCUT2D eigenvalue weighted by Crippen LogP contribution is 2.19. The summed E-state index contributed by atoms with van der Waals surface area (Å²) in [5, 5.41) is 3.51. The molecule has 1 aliphatic heterocycles. The fourth-order valence-corrected chi connectivity index (χ4v) is 3.04. The van der Waals surface area contributed by atoms with Gasteiger partial charge in [-0.1, -0.05) is 0 Å². The van der Waals surface area contributed by atoms with Crippen molar-refractivity contribution in [1.82, 2.24) is 10.2 Å². The zero-order valence-electron chi connectivity index (χ0n) is 10.2. The molecule has 0 amide bonds. The highest BCUT2D eigenvalue weighted by Gasteiger charge is 2.24. The van der Waals surface area contributed by atoms with Gasteiger partial charge in [0.2, 0.25) is 0 Å². The molecule has 0 saturated carbocycles. The Kier molecular flexibility index (Phi) is 5.25. The van der Waals surface area contributed by atoms with E-state index in [1.807, 2.05) is 11.3 Å². The predicted molar refractivity (Wildman–Crippen MR) is 73.6 cm³/mol. The molecule has 2 nitrogen and oxygen atoms in total. The van der Waals surface area contributed by atoms with Crippen molar-refractivity contribution in [1.29, 1.82) is 0 Å². The normalized spacial score (nSPS) is 26.4. The third-order valence-corrected chi connectivity index (χ3v) is 4.31. The van der Waals surface area contributed by atoms with Crippen LogP contribution in [0.15, 0.2) is 12.1 Å². The lowest BCUT2D eigenvalue weighted by Crippen LogP contribution is -2.54. The average molecular weight is 261 g/mol. The summed E-state index contributed by atoms with van der Waals surface area (Å²) in [5.74, 6) is 0. The second kappa shape index (κ2) is 6.01. The Morgan fingerprint density at radius 2 is 2.19 bits per heavy atom. The Bertz CT molecular complexity index is 327. The van der Waals surface area contributed by atoms with Gasteiger partial charge in [0.05, 0.1) is 0 Å². The highest BCUT2D eigenvalue weighted by molar-refractivity contribution is 7.11. The second-order valence-electron chi connectivity index (χ2n) is 4.47. The zero-order chi connectivity index (χ0) is 10.8. The van der Waals surface area contributed by atoms with E-state index in [2.05, 4.69) is 43.1 Å². The lowest BCUT2D eigenvalue weighted by Gasteiger charge is -2.38. The van der Waals surface area contributed by atoms with Crippen LogP contribution >= 0.6 is 23.7 Å². The maximum absolute atomic E-state index is 3.51. The summed E-state index contributed by atoms with van der Waals surface area (Å²) in [6, 6.07) is 5.73. The van der Waals surface area contributed by atoms with E-state index in [-0.39, 0.29) is 12.4 Å². The third-order valence-electron chi connectivity index (χ3n) is 3.32. The molecule has 2 unspecified atom stereocenters. The van der Waals surface area contributed by atoms with Gasteiger partial charge in [0, 0.05) is 41.5 Å². The minimum absolute atomic E-state index is 0. The quantitative estimate of drug-likeness (QED) is 0.880. The number of hydrogen-bond acceptors (Lipinski definition) is 3. The number of nitrogens with one attached hydrogen (secondary N) is 1. The van der Waals surface area contributed by atoms with Gasteiger partial charge in [0.1, 0.15) is 0 Å². The molecule has 2 atom stereocenters. The van der Waals surface area contributed by atoms with Crippen LogP contribution in [0.1, 0.15) is 23.6 Å². The van der Waals surface area contributed by atoms with E-state index in [9.17, 15) is 0 Å². The topological polar surface area (TPSA) is 15.3 Å². The van der Waals surface area contributed by atoms with Gasteiger partial charge in [-0.15, -0.1) is 23.7 Å². The van der Waals surface area contributed by atoms with E-state index in [0.29, 0.717) is 12.1 Å². The highest BCUT2D eigenvalue weighted by atomic mass is 35.5. The predicted octanol–water partition coefficient (Wildman–Crippen LogP) is 2.66. The van der Waals surface area contributed by atoms with Gasteiger partial charge in [-0.2, -0.15) is 0 Å². The van der Waals surface area contributed by atoms with Crippen molar-refractivity contribution < 1.29 is 0 Å². The van der Waals surface area contributed by atoms with Crippen LogP contribution in [0.5, 0.6) is 0 Å². The van der Waals surface area contributed by atoms with Crippen LogP contribution in [0.25, 0.3) is 0 Å². The largest absolute Gasteiger partial charge is 0.311 e. The summed E-state index contributed by atoms with van der Waals surface area (Å²) in [6.45, 7) is 10.2. The minimum atomic E-state index is 0. The molecule has 2 rings (SSSR count). The summed E-state index contributed by atoms with van der Waals surface area (Å²) >= 11 is 1.92. The molecule has 1 aromatic rings. The fraction of sp³-hybridized carbons (Fsp3) is 0.667. The summed E-state index contributed by atoms with van der Waals surface area (Å²) in [5.41, 5.74) is 0. The van der Waals surface area contributed by atoms with Crippen LogP contribution in [0, 0.1) is 6.92 Å². The van der Waals surface area contributed by atoms with Gasteiger partial charge in [0.15, 0.2) is 0 Å². The van der Waals surface area contributed by atoms with E-state index in [4.69, 9.17) is 0 Å². The summed E-state index contributed by atoms with van der Waals surface area (Å²) in [6.07, 6.45) is 0. The molecule has 0 bridgehead atoms. The van der Waals surface area contributed by atoms with Gasteiger partial charge in [-0.25, -0.2) is 0 Å². The molecule has 1 fully saturated rings. The van der Waals surface area contributed by atoms with Gasteiger partial charge in [-0.05, 0) is 32.9 Å². The Balaban J connectivity index is 0.00000128. The van der Waals surface area contributed by atoms with E-state index >= 15 is 0 Å². The Labute approximate surface area is 108 Å². The monoisotopic (exact) mass is 260 g/mol. The van der Waals surface area contributed by atoms with Crippen molar-refractivity contribution in [2.45, 2.75) is 39.4 Å². The number of aryl methyl sites for hydroxylation is 1. The molecule has 4 heteroatoms. The number of rotatable bonds is 2. The number of nitrogens with zero attached hydrogens (tertiary/aromatic N) is 1. The first-order chi connectivity index (χ1) is 7.16. The standard InChI is InChI=1S/C12H20N2S.ClH/c1-9-4-5-12(15-9)8-14-7-6-13-10(2)11(14)3;/h4-5,10-11,13H,6-8H2,1-3H3;1H. The third kappa shape index (κ3) is 3.20. The second-order valence-corrected chi connectivity index (χ2v) is 5.84. The fourth-order valence-electron chi connectivity index (χ4n) is 2.12. The number of piperazine rings is 1. The lowest BCUT2D eigenvalue weighted by molar-refractivity contribution is 0.132. The first-order valence-corrected chi connectivity index (χ1v) is 6.51. The first-order valence-electron chi connectivity index (χ1n) is 5.69. The molecule has 16 heavy (non-hydrogen) atoms. The molecule has 0 radical (unpaired) electrons. The van der Waals surface area contributed by atoms with Crippen molar-refractivity contribution in [2.24, 2.45) is 0 Å². The van der Waals surface area contributed by atoms with Crippen LogP contribution in [0.2, 0.25) is 0 Å². The molecule has 2 heterocycles. The number of thiophene rings is 1. The Morgan fingerprint density at radius 1 is 1.44 bits per heavy atom. The van der Waals surface area contributed by atoms with Gasteiger partial charge in [0.25, 0.3) is 0 Å². The van der Waals surface area contributed by atoms with Gasteiger partial charge < -0.3 is 5.32 Å². The van der Waals surface area contributed by atoms with E-state index in [1.165, 1.54) is 16.3 Å². The van der Waals surface area contributed by atoms with Crippen molar-refractivity contribution in [3.05, 3.63) is 21.9 Å². The molecular formula is C12H21ClN2S. The Hall–Kier alpha value is -0.0900. The average Bonchev–Trinajstić information content (AvgIpc) is 2.59. The molecule has 1 aliphatic rings. The van der Waals surface area contributed by atoms with Crippen molar-refractivity contribution >= 4 is 23.7 Å². The Morgan fingerprint density at radius 3 is 2.81 bits per heavy atom. The van der Waals surface area contributed by atoms with Crippen molar-refractivity contribution in [3.63, 3.8) is 0 Å². The van der Waals surface area contributed by atoms with Gasteiger partial charge >= 0.3 is 0 Å². The van der Waals surface area contributed by atoms with Crippen LogP contribution in [0.3, 0.4) is 0 Å². The summed E-state index contributed by atoms with van der Waals surface area (Å²) < 4.78 is 0. The van der Waals surface area contributed by atoms with Crippen LogP contribution in [-0.2, 0) is 6.54 Å². The van der Waals surface area contributed by atoms with Gasteiger partial charge in [-0.3, -0.25) is 4.90 Å². The zero-order valence-corrected chi connectivity index (χ0v) is 11.8. The van der Waals surface area contributed by atoms with E-state index in [1.54, 1.807) is 0 Å². The molecule has 92 valence electrons. The summed E-state index contributed by atoms with van der Waals surface area (Å²) in [7, 11) is 0. The van der Waals surface area contributed by atoms with E-state index < -0.39 is 0 Å². The number of hydrogen-bond donors (Lipinski definition) is 1. The lowest BCUT2D eigenvalue weighted by atomic mass is 10.1. The van der Waals surface area contributed by atoms with Crippen LogP contribution in [0.4, 0.5) is 0 Å². The van der Waals surface area contributed by atoms with E-state index in [0.717, 1.165) is 13.1 Å². The first kappa shape index (κ1) is 14.0. The van der Waals surface area contributed by atoms with Crippen molar-refractivity contribution in [2.75, 3.05) is 13.1 Å². The molecule has 0 spiro atoms.